The fourth-order valence-corrected chi connectivity index (χ4v) is 3.48. The van der Waals surface area contributed by atoms with E-state index in [0.29, 0.717) is 11.4 Å². The van der Waals surface area contributed by atoms with E-state index in [2.05, 4.69) is 17.3 Å². The number of nitrogens with one attached hydrogen (secondary N) is 1. The highest BCUT2D eigenvalue weighted by atomic mass is 16.5. The first-order chi connectivity index (χ1) is 12.7. The summed E-state index contributed by atoms with van der Waals surface area (Å²) in [5.41, 5.74) is 4.36. The van der Waals surface area contributed by atoms with Crippen LogP contribution in [0.25, 0.3) is 10.9 Å². The van der Waals surface area contributed by atoms with Crippen molar-refractivity contribution in [1.82, 2.24) is 9.88 Å². The average molecular weight is 347 g/mol. The van der Waals surface area contributed by atoms with E-state index in [1.54, 1.807) is 7.11 Å². The fourth-order valence-electron chi connectivity index (χ4n) is 3.48. The Kier molecular flexibility index (Phi) is 4.31. The molecule has 132 valence electrons. The maximum Gasteiger partial charge on any atom is 0.256 e. The van der Waals surface area contributed by atoms with Crippen molar-refractivity contribution in [1.29, 1.82) is 0 Å². The molecule has 0 spiro atoms. The SMILES string of the molecule is COc1cccc(NC(=O)c2c3c(nc4ccccc24)CCN(C)C3)c1. The molecule has 2 heterocycles. The summed E-state index contributed by atoms with van der Waals surface area (Å²) < 4.78 is 5.25. The highest BCUT2D eigenvalue weighted by Crippen LogP contribution is 2.29. The van der Waals surface area contributed by atoms with Gasteiger partial charge >= 0.3 is 0 Å². The van der Waals surface area contributed by atoms with Crippen LogP contribution in [-0.4, -0.2) is 36.5 Å². The van der Waals surface area contributed by atoms with E-state index in [0.717, 1.165) is 47.2 Å². The Morgan fingerprint density at radius 1 is 1.19 bits per heavy atom. The topological polar surface area (TPSA) is 54.5 Å². The molecule has 0 fully saturated rings. The molecule has 0 aliphatic carbocycles. The van der Waals surface area contributed by atoms with Gasteiger partial charge in [0.25, 0.3) is 5.91 Å². The van der Waals surface area contributed by atoms with Crippen LogP contribution < -0.4 is 10.1 Å². The summed E-state index contributed by atoms with van der Waals surface area (Å²) in [6.07, 6.45) is 0.857. The zero-order valence-corrected chi connectivity index (χ0v) is 15.0. The van der Waals surface area contributed by atoms with Gasteiger partial charge in [-0.05, 0) is 25.2 Å². The summed E-state index contributed by atoms with van der Waals surface area (Å²) in [5.74, 6) is 0.604. The largest absolute Gasteiger partial charge is 0.497 e. The van der Waals surface area contributed by atoms with Gasteiger partial charge in [-0.2, -0.15) is 0 Å². The number of hydrogen-bond donors (Lipinski definition) is 1. The number of pyridine rings is 1. The molecule has 3 aromatic rings. The van der Waals surface area contributed by atoms with E-state index < -0.39 is 0 Å². The molecule has 4 rings (SSSR count). The number of fused-ring (bicyclic) bond motifs is 2. The number of para-hydroxylation sites is 1. The van der Waals surface area contributed by atoms with Gasteiger partial charge in [0.15, 0.2) is 0 Å². The van der Waals surface area contributed by atoms with Crippen molar-refractivity contribution in [3.05, 3.63) is 65.4 Å². The number of likely N-dealkylation sites (N-methyl/N-ethyl adjacent to an activating group) is 1. The van der Waals surface area contributed by atoms with Gasteiger partial charge in [-0.1, -0.05) is 24.3 Å². The van der Waals surface area contributed by atoms with E-state index in [1.165, 1.54) is 0 Å². The predicted octanol–water partition coefficient (Wildman–Crippen LogP) is 3.48. The van der Waals surface area contributed by atoms with E-state index in [4.69, 9.17) is 9.72 Å². The molecule has 1 N–H and O–H groups in total. The van der Waals surface area contributed by atoms with E-state index >= 15 is 0 Å². The molecule has 5 heteroatoms. The Balaban J connectivity index is 1.81. The summed E-state index contributed by atoms with van der Waals surface area (Å²) >= 11 is 0. The summed E-state index contributed by atoms with van der Waals surface area (Å²) in [6, 6.07) is 15.2. The molecule has 1 aliphatic rings. The molecule has 5 nitrogen and oxygen atoms in total. The summed E-state index contributed by atoms with van der Waals surface area (Å²) in [5, 5.41) is 3.92. The van der Waals surface area contributed by atoms with Crippen LogP contribution in [0, 0.1) is 0 Å². The van der Waals surface area contributed by atoms with Crippen LogP contribution >= 0.6 is 0 Å². The van der Waals surface area contributed by atoms with Gasteiger partial charge in [-0.15, -0.1) is 0 Å². The van der Waals surface area contributed by atoms with Crippen LogP contribution in [0.3, 0.4) is 0 Å². The lowest BCUT2D eigenvalue weighted by molar-refractivity contribution is 0.102. The molecule has 0 radical (unpaired) electrons. The van der Waals surface area contributed by atoms with Crippen LogP contribution in [0.5, 0.6) is 5.75 Å². The molecule has 0 atom stereocenters. The molecule has 0 saturated heterocycles. The molecule has 26 heavy (non-hydrogen) atoms. The number of nitrogens with zero attached hydrogens (tertiary/aromatic N) is 2. The molecular weight excluding hydrogens is 326 g/mol. The number of benzene rings is 2. The number of carbonyl (C=O) groups excluding carboxylic acids is 1. The predicted molar refractivity (Wildman–Crippen MR) is 103 cm³/mol. The maximum atomic E-state index is 13.2. The van der Waals surface area contributed by atoms with Crippen molar-refractivity contribution in [2.45, 2.75) is 13.0 Å². The second kappa shape index (κ2) is 6.77. The van der Waals surface area contributed by atoms with Crippen molar-refractivity contribution in [3.8, 4) is 5.75 Å². The Morgan fingerprint density at radius 3 is 2.88 bits per heavy atom. The van der Waals surface area contributed by atoms with Gasteiger partial charge < -0.3 is 15.0 Å². The quantitative estimate of drug-likeness (QED) is 0.788. The Labute approximate surface area is 152 Å². The molecule has 0 saturated carbocycles. The van der Waals surface area contributed by atoms with E-state index in [1.807, 2.05) is 48.5 Å². The minimum atomic E-state index is -0.108. The van der Waals surface area contributed by atoms with Crippen LogP contribution in [0.2, 0.25) is 0 Å². The molecule has 0 bridgehead atoms. The zero-order chi connectivity index (χ0) is 18.1. The lowest BCUT2D eigenvalue weighted by Gasteiger charge is -2.27. The zero-order valence-electron chi connectivity index (χ0n) is 15.0. The summed E-state index contributed by atoms with van der Waals surface area (Å²) in [6.45, 7) is 1.68. The number of rotatable bonds is 3. The number of ether oxygens (including phenoxy) is 1. The van der Waals surface area contributed by atoms with Gasteiger partial charge in [0.05, 0.1) is 18.2 Å². The van der Waals surface area contributed by atoms with Crippen molar-refractivity contribution in [2.75, 3.05) is 26.0 Å². The number of carbonyl (C=O) groups is 1. The van der Waals surface area contributed by atoms with Crippen LogP contribution in [0.15, 0.2) is 48.5 Å². The molecule has 1 aliphatic heterocycles. The van der Waals surface area contributed by atoms with Crippen LogP contribution in [0.4, 0.5) is 5.69 Å². The normalized spacial score (nSPS) is 14.1. The monoisotopic (exact) mass is 347 g/mol. The highest BCUT2D eigenvalue weighted by molar-refractivity contribution is 6.13. The first-order valence-electron chi connectivity index (χ1n) is 8.70. The molecule has 2 aromatic carbocycles. The minimum absolute atomic E-state index is 0.108. The number of amides is 1. The number of hydrogen-bond acceptors (Lipinski definition) is 4. The van der Waals surface area contributed by atoms with Gasteiger partial charge in [0.1, 0.15) is 5.75 Å². The van der Waals surface area contributed by atoms with Gasteiger partial charge in [-0.3, -0.25) is 9.78 Å². The summed E-state index contributed by atoms with van der Waals surface area (Å²) in [4.78, 5) is 20.2. The summed E-state index contributed by atoms with van der Waals surface area (Å²) in [7, 11) is 3.69. The lowest BCUT2D eigenvalue weighted by Crippen LogP contribution is -2.30. The third kappa shape index (κ3) is 3.02. The Morgan fingerprint density at radius 2 is 2.04 bits per heavy atom. The maximum absolute atomic E-state index is 13.2. The van der Waals surface area contributed by atoms with E-state index in [-0.39, 0.29) is 5.91 Å². The fraction of sp³-hybridized carbons (Fsp3) is 0.238. The molecule has 0 unspecified atom stereocenters. The standard InChI is InChI=1S/C21H21N3O2/c1-24-11-10-19-17(13-24)20(16-8-3-4-9-18(16)23-19)21(25)22-14-6-5-7-15(12-14)26-2/h3-9,12H,10-11,13H2,1-2H3,(H,22,25). The van der Waals surface area contributed by atoms with Gasteiger partial charge in [-0.25, -0.2) is 0 Å². The third-order valence-electron chi connectivity index (χ3n) is 4.79. The molecule has 1 amide bonds. The Bertz CT molecular complexity index is 984. The highest BCUT2D eigenvalue weighted by Gasteiger charge is 2.24. The van der Waals surface area contributed by atoms with Crippen molar-refractivity contribution < 1.29 is 9.53 Å². The lowest BCUT2D eigenvalue weighted by atomic mass is 9.95. The minimum Gasteiger partial charge on any atom is -0.497 e. The molecule has 1 aromatic heterocycles. The number of anilines is 1. The van der Waals surface area contributed by atoms with Crippen LogP contribution in [-0.2, 0) is 13.0 Å². The average Bonchev–Trinajstić information content (AvgIpc) is 2.66. The van der Waals surface area contributed by atoms with Gasteiger partial charge in [0, 0.05) is 47.9 Å². The van der Waals surface area contributed by atoms with Crippen LogP contribution in [0.1, 0.15) is 21.6 Å². The van der Waals surface area contributed by atoms with Crippen molar-refractivity contribution in [3.63, 3.8) is 0 Å². The second-order valence-electron chi connectivity index (χ2n) is 6.60. The third-order valence-corrected chi connectivity index (χ3v) is 4.79. The first-order valence-corrected chi connectivity index (χ1v) is 8.70. The number of aromatic nitrogens is 1. The number of methoxy groups -OCH3 is 1. The Hall–Kier alpha value is -2.92. The van der Waals surface area contributed by atoms with Gasteiger partial charge in [0.2, 0.25) is 0 Å². The smallest absolute Gasteiger partial charge is 0.256 e. The second-order valence-corrected chi connectivity index (χ2v) is 6.60. The van der Waals surface area contributed by atoms with Crippen molar-refractivity contribution in [2.24, 2.45) is 0 Å². The van der Waals surface area contributed by atoms with Crippen molar-refractivity contribution >= 4 is 22.5 Å². The van der Waals surface area contributed by atoms with E-state index in [9.17, 15) is 4.79 Å². The molecular formula is C21H21N3O2. The first kappa shape index (κ1) is 16.5.